The van der Waals surface area contributed by atoms with Crippen molar-refractivity contribution in [3.8, 4) is 12.3 Å². The van der Waals surface area contributed by atoms with Crippen molar-refractivity contribution in [1.82, 2.24) is 10.0 Å². The number of anilines is 1. The third-order valence-corrected chi connectivity index (χ3v) is 5.88. The van der Waals surface area contributed by atoms with Gasteiger partial charge in [-0.05, 0) is 49.6 Å². The van der Waals surface area contributed by atoms with Gasteiger partial charge in [0, 0.05) is 11.3 Å². The lowest BCUT2D eigenvalue weighted by atomic mass is 10.0. The topological polar surface area (TPSA) is 104 Å². The van der Waals surface area contributed by atoms with Crippen LogP contribution in [0, 0.1) is 25.2 Å². The Balaban J connectivity index is 2.02. The first kappa shape index (κ1) is 24.1. The molecule has 7 nitrogen and oxygen atoms in total. The molecule has 1 atom stereocenters. The predicted molar refractivity (Wildman–Crippen MR) is 121 cm³/mol. The van der Waals surface area contributed by atoms with Crippen molar-refractivity contribution in [3.05, 3.63) is 59.7 Å². The Morgan fingerprint density at radius 1 is 1.10 bits per heavy atom. The zero-order valence-electron chi connectivity index (χ0n) is 17.8. The number of hydrogen-bond acceptors (Lipinski definition) is 4. The molecule has 164 valence electrons. The number of rotatable bonds is 9. The van der Waals surface area contributed by atoms with E-state index in [9.17, 15) is 18.0 Å². The summed E-state index contributed by atoms with van der Waals surface area (Å²) in [4.78, 5) is 24.9. The quantitative estimate of drug-likeness (QED) is 0.520. The van der Waals surface area contributed by atoms with Crippen LogP contribution < -0.4 is 15.4 Å². The molecular weight excluding hydrogens is 414 g/mol. The fraction of sp³-hybridized carbons (Fsp3) is 0.304. The summed E-state index contributed by atoms with van der Waals surface area (Å²) in [7, 11) is -3.89. The number of benzene rings is 2. The normalized spacial score (nSPS) is 12.1. The van der Waals surface area contributed by atoms with Crippen LogP contribution in [0.15, 0.2) is 53.4 Å². The highest BCUT2D eigenvalue weighted by atomic mass is 32.2. The van der Waals surface area contributed by atoms with Crippen molar-refractivity contribution in [2.24, 2.45) is 5.92 Å². The van der Waals surface area contributed by atoms with E-state index in [0.29, 0.717) is 11.3 Å². The van der Waals surface area contributed by atoms with Crippen LogP contribution in [0.1, 0.15) is 31.4 Å². The molecular formula is C23H27N3O4S. The average molecular weight is 442 g/mol. The summed E-state index contributed by atoms with van der Waals surface area (Å²) in [5.74, 6) is 1.50. The molecule has 0 saturated carbocycles. The van der Waals surface area contributed by atoms with Crippen molar-refractivity contribution in [1.29, 1.82) is 0 Å². The summed E-state index contributed by atoms with van der Waals surface area (Å²) < 4.78 is 27.8. The Bertz CT molecular complexity index is 1070. The molecule has 0 aromatic heterocycles. The molecule has 0 aliphatic carbocycles. The standard InChI is InChI=1S/C23H27N3O4S/c1-5-18-7-6-8-19(14-18)25-22(27)15-24-23(28)21(13-16(2)3)26-31(29,30)20-11-9-17(4)10-12-20/h1,6-12,14,16,21,26H,13,15H2,2-4H3,(H,24,28)(H,25,27). The summed E-state index contributed by atoms with van der Waals surface area (Å²) in [6.07, 6.45) is 5.63. The second kappa shape index (κ2) is 10.8. The van der Waals surface area contributed by atoms with Crippen LogP contribution in [0.25, 0.3) is 0 Å². The number of nitrogens with one attached hydrogen (secondary N) is 3. The second-order valence-electron chi connectivity index (χ2n) is 7.61. The van der Waals surface area contributed by atoms with Gasteiger partial charge in [0.1, 0.15) is 6.04 Å². The van der Waals surface area contributed by atoms with Gasteiger partial charge in [0.15, 0.2) is 0 Å². The Morgan fingerprint density at radius 2 is 1.77 bits per heavy atom. The second-order valence-corrected chi connectivity index (χ2v) is 9.32. The lowest BCUT2D eigenvalue weighted by Crippen LogP contribution is -2.48. The van der Waals surface area contributed by atoms with Gasteiger partial charge in [0.05, 0.1) is 11.4 Å². The van der Waals surface area contributed by atoms with E-state index in [2.05, 4.69) is 21.3 Å². The molecule has 2 rings (SSSR count). The summed E-state index contributed by atoms with van der Waals surface area (Å²) in [6.45, 7) is 5.31. The Hall–Kier alpha value is -3.15. The zero-order chi connectivity index (χ0) is 23.0. The number of terminal acetylenes is 1. The predicted octanol–water partition coefficient (Wildman–Crippen LogP) is 2.42. The number of carbonyl (C=O) groups excluding carboxylic acids is 2. The molecule has 2 aromatic carbocycles. The van der Waals surface area contributed by atoms with E-state index >= 15 is 0 Å². The van der Waals surface area contributed by atoms with Crippen molar-refractivity contribution in [2.75, 3.05) is 11.9 Å². The van der Waals surface area contributed by atoms with Crippen LogP contribution in [0.5, 0.6) is 0 Å². The molecule has 1 unspecified atom stereocenters. The van der Waals surface area contributed by atoms with Crippen molar-refractivity contribution < 1.29 is 18.0 Å². The first-order chi connectivity index (χ1) is 14.6. The highest BCUT2D eigenvalue weighted by molar-refractivity contribution is 7.89. The molecule has 0 fully saturated rings. The number of hydrogen-bond donors (Lipinski definition) is 3. The van der Waals surface area contributed by atoms with Crippen molar-refractivity contribution in [3.63, 3.8) is 0 Å². The van der Waals surface area contributed by atoms with Crippen LogP contribution in [-0.4, -0.2) is 32.8 Å². The molecule has 0 bridgehead atoms. The van der Waals surface area contributed by atoms with Gasteiger partial charge in [0.25, 0.3) is 0 Å². The SMILES string of the molecule is C#Cc1cccc(NC(=O)CNC(=O)C(CC(C)C)NS(=O)(=O)c2ccc(C)cc2)c1. The molecule has 2 aromatic rings. The maximum Gasteiger partial charge on any atom is 0.243 e. The van der Waals surface area contributed by atoms with Crippen LogP contribution in [0.4, 0.5) is 5.69 Å². The first-order valence-electron chi connectivity index (χ1n) is 9.84. The molecule has 0 saturated heterocycles. The summed E-state index contributed by atoms with van der Waals surface area (Å²) in [6, 6.07) is 12.1. The molecule has 31 heavy (non-hydrogen) atoms. The summed E-state index contributed by atoms with van der Waals surface area (Å²) in [5, 5.41) is 5.14. The highest BCUT2D eigenvalue weighted by Gasteiger charge is 2.26. The number of carbonyl (C=O) groups is 2. The van der Waals surface area contributed by atoms with E-state index in [1.54, 1.807) is 36.4 Å². The van der Waals surface area contributed by atoms with Gasteiger partial charge in [-0.1, -0.05) is 43.5 Å². The van der Waals surface area contributed by atoms with Crippen molar-refractivity contribution in [2.45, 2.75) is 38.1 Å². The molecule has 0 heterocycles. The van der Waals surface area contributed by atoms with Gasteiger partial charge in [-0.15, -0.1) is 6.42 Å². The Morgan fingerprint density at radius 3 is 2.39 bits per heavy atom. The Kier molecular flexibility index (Phi) is 8.37. The molecule has 0 radical (unpaired) electrons. The van der Waals surface area contributed by atoms with E-state index in [4.69, 9.17) is 6.42 Å². The van der Waals surface area contributed by atoms with Crippen molar-refractivity contribution >= 4 is 27.5 Å². The van der Waals surface area contributed by atoms with Crippen LogP contribution in [0.2, 0.25) is 0 Å². The monoisotopic (exact) mass is 441 g/mol. The third kappa shape index (κ3) is 7.55. The molecule has 3 N–H and O–H groups in total. The molecule has 0 spiro atoms. The smallest absolute Gasteiger partial charge is 0.243 e. The number of aryl methyl sites for hydroxylation is 1. The van der Waals surface area contributed by atoms with E-state index in [1.807, 2.05) is 20.8 Å². The average Bonchev–Trinajstić information content (AvgIpc) is 2.71. The lowest BCUT2D eigenvalue weighted by Gasteiger charge is -2.20. The highest BCUT2D eigenvalue weighted by Crippen LogP contribution is 2.14. The van der Waals surface area contributed by atoms with E-state index in [1.165, 1.54) is 12.1 Å². The van der Waals surface area contributed by atoms with Gasteiger partial charge >= 0.3 is 0 Å². The minimum absolute atomic E-state index is 0.0526. The minimum Gasteiger partial charge on any atom is -0.346 e. The van der Waals surface area contributed by atoms with E-state index < -0.39 is 27.9 Å². The first-order valence-corrected chi connectivity index (χ1v) is 11.3. The lowest BCUT2D eigenvalue weighted by molar-refractivity contribution is -0.125. The van der Waals surface area contributed by atoms with Gasteiger partial charge in [-0.25, -0.2) is 8.42 Å². The molecule has 0 aliphatic rings. The van der Waals surface area contributed by atoms with E-state index in [-0.39, 0.29) is 23.8 Å². The van der Waals surface area contributed by atoms with Gasteiger partial charge in [-0.3, -0.25) is 9.59 Å². The van der Waals surface area contributed by atoms with Crippen LogP contribution in [-0.2, 0) is 19.6 Å². The third-order valence-electron chi connectivity index (χ3n) is 4.39. The maximum atomic E-state index is 12.7. The molecule has 0 aliphatic heterocycles. The molecule has 8 heteroatoms. The summed E-state index contributed by atoms with van der Waals surface area (Å²) >= 11 is 0. The fourth-order valence-corrected chi connectivity index (χ4v) is 4.04. The van der Waals surface area contributed by atoms with Crippen LogP contribution >= 0.6 is 0 Å². The number of sulfonamides is 1. The summed E-state index contributed by atoms with van der Waals surface area (Å²) in [5.41, 5.74) is 2.05. The van der Waals surface area contributed by atoms with Gasteiger partial charge in [-0.2, -0.15) is 4.72 Å². The zero-order valence-corrected chi connectivity index (χ0v) is 18.6. The Labute approximate surface area is 183 Å². The minimum atomic E-state index is -3.89. The fourth-order valence-electron chi connectivity index (χ4n) is 2.84. The molecule has 2 amide bonds. The maximum absolute atomic E-state index is 12.7. The van der Waals surface area contributed by atoms with Gasteiger partial charge < -0.3 is 10.6 Å². The largest absolute Gasteiger partial charge is 0.346 e. The van der Waals surface area contributed by atoms with E-state index in [0.717, 1.165) is 5.56 Å². The number of amides is 2. The van der Waals surface area contributed by atoms with Crippen LogP contribution in [0.3, 0.4) is 0 Å². The van der Waals surface area contributed by atoms with Gasteiger partial charge in [0.2, 0.25) is 21.8 Å².